The fourth-order valence-electron chi connectivity index (χ4n) is 5.20. The van der Waals surface area contributed by atoms with Gasteiger partial charge in [-0.15, -0.1) is 0 Å². The predicted molar refractivity (Wildman–Crippen MR) is 119 cm³/mol. The maximum absolute atomic E-state index is 5.96. The highest BCUT2D eigenvalue weighted by Crippen LogP contribution is 2.61. The third-order valence-corrected chi connectivity index (χ3v) is 8.53. The Labute approximate surface area is 176 Å². The Bertz CT molecular complexity index is 887. The van der Waals surface area contributed by atoms with E-state index in [1.165, 1.54) is 24.0 Å². The van der Waals surface area contributed by atoms with E-state index in [9.17, 15) is 0 Å². The van der Waals surface area contributed by atoms with Crippen LogP contribution in [-0.2, 0) is 16.7 Å². The molecule has 1 aromatic carbocycles. The molecule has 0 amide bonds. The number of rotatable bonds is 1. The van der Waals surface area contributed by atoms with E-state index >= 15 is 0 Å². The summed E-state index contributed by atoms with van der Waals surface area (Å²) >= 11 is 13.1. The topological polar surface area (TPSA) is 21.3 Å². The number of hydrogen-bond donors (Lipinski definition) is 1. The lowest BCUT2D eigenvalue weighted by molar-refractivity contribution is 0.00884. The zero-order chi connectivity index (χ0) is 18.6. The monoisotopic (exact) mass is 413 g/mol. The summed E-state index contributed by atoms with van der Waals surface area (Å²) in [4.78, 5) is 0. The van der Waals surface area contributed by atoms with Gasteiger partial charge in [-0.1, -0.05) is 54.1 Å². The van der Waals surface area contributed by atoms with E-state index < -0.39 is 0 Å². The van der Waals surface area contributed by atoms with Gasteiger partial charge in [0.25, 0.3) is 0 Å². The summed E-state index contributed by atoms with van der Waals surface area (Å²) in [6, 6.07) is 6.75. The lowest BCUT2D eigenvalue weighted by atomic mass is 9.62. The molecule has 27 heavy (non-hydrogen) atoms. The first-order chi connectivity index (χ1) is 13.1. The van der Waals surface area contributed by atoms with Gasteiger partial charge in [-0.25, -0.2) is 0 Å². The number of ether oxygens (including phenoxy) is 1. The van der Waals surface area contributed by atoms with Gasteiger partial charge in [-0.05, 0) is 68.2 Å². The van der Waals surface area contributed by atoms with Crippen LogP contribution in [0.1, 0.15) is 55.2 Å². The van der Waals surface area contributed by atoms with Crippen LogP contribution in [0.3, 0.4) is 0 Å². The SMILES string of the molecule is COC1CCC2(CC1)Cc1ccc(C#CC3CC3)cc1C21NC(=S)SC1=S. The van der Waals surface area contributed by atoms with Gasteiger partial charge in [0.2, 0.25) is 0 Å². The normalized spacial score (nSPS) is 34.5. The summed E-state index contributed by atoms with van der Waals surface area (Å²) in [5.74, 6) is 7.40. The third kappa shape index (κ3) is 2.80. The van der Waals surface area contributed by atoms with Crippen LogP contribution < -0.4 is 5.32 Å². The van der Waals surface area contributed by atoms with Crippen molar-refractivity contribution < 1.29 is 4.74 Å². The molecule has 0 bridgehead atoms. The fraction of sp³-hybridized carbons (Fsp3) is 0.545. The smallest absolute Gasteiger partial charge is 0.140 e. The van der Waals surface area contributed by atoms with Crippen LogP contribution in [0.25, 0.3) is 0 Å². The molecular weight excluding hydrogens is 390 g/mol. The van der Waals surface area contributed by atoms with Gasteiger partial charge >= 0.3 is 0 Å². The van der Waals surface area contributed by atoms with Gasteiger partial charge in [0, 0.05) is 24.0 Å². The van der Waals surface area contributed by atoms with Crippen molar-refractivity contribution in [3.05, 3.63) is 34.9 Å². The molecule has 1 aliphatic heterocycles. The van der Waals surface area contributed by atoms with E-state index in [0.29, 0.717) is 12.0 Å². The molecule has 3 aliphatic carbocycles. The minimum absolute atomic E-state index is 0.0948. The maximum atomic E-state index is 5.96. The molecule has 1 heterocycles. The molecule has 1 aromatic rings. The molecule has 3 fully saturated rings. The largest absolute Gasteiger partial charge is 0.381 e. The van der Waals surface area contributed by atoms with Crippen LogP contribution in [-0.4, -0.2) is 21.7 Å². The maximum Gasteiger partial charge on any atom is 0.140 e. The zero-order valence-corrected chi connectivity index (χ0v) is 17.9. The molecule has 1 saturated heterocycles. The van der Waals surface area contributed by atoms with E-state index in [1.54, 1.807) is 11.8 Å². The van der Waals surface area contributed by atoms with Crippen LogP contribution in [0.2, 0.25) is 0 Å². The van der Waals surface area contributed by atoms with Gasteiger partial charge in [-0.3, -0.25) is 0 Å². The summed E-state index contributed by atoms with van der Waals surface area (Å²) < 4.78 is 7.46. The molecule has 2 nitrogen and oxygen atoms in total. The number of nitrogens with one attached hydrogen (secondary N) is 1. The highest BCUT2D eigenvalue weighted by molar-refractivity contribution is 8.38. The summed E-state index contributed by atoms with van der Waals surface area (Å²) in [5, 5.41) is 3.70. The van der Waals surface area contributed by atoms with Crippen molar-refractivity contribution in [1.29, 1.82) is 0 Å². The molecule has 4 aliphatic rings. The number of hydrogen-bond acceptors (Lipinski definition) is 4. The van der Waals surface area contributed by atoms with Crippen LogP contribution in [0.15, 0.2) is 18.2 Å². The highest BCUT2D eigenvalue weighted by atomic mass is 32.2. The molecule has 0 aromatic heterocycles. The van der Waals surface area contributed by atoms with Crippen LogP contribution in [0, 0.1) is 23.2 Å². The van der Waals surface area contributed by atoms with E-state index in [2.05, 4.69) is 35.4 Å². The van der Waals surface area contributed by atoms with Crippen molar-refractivity contribution >= 4 is 44.7 Å². The van der Waals surface area contributed by atoms with Crippen LogP contribution in [0.5, 0.6) is 0 Å². The van der Waals surface area contributed by atoms with Crippen LogP contribution in [0.4, 0.5) is 0 Å². The number of methoxy groups -OCH3 is 1. The van der Waals surface area contributed by atoms with E-state index in [4.69, 9.17) is 29.2 Å². The Kier molecular flexibility index (Phi) is 4.40. The number of thiocarbonyl (C=S) groups is 2. The van der Waals surface area contributed by atoms with Crippen molar-refractivity contribution in [2.75, 3.05) is 7.11 Å². The quantitative estimate of drug-likeness (QED) is 0.529. The average Bonchev–Trinajstić information content (AvgIpc) is 3.40. The van der Waals surface area contributed by atoms with Crippen molar-refractivity contribution in [3.63, 3.8) is 0 Å². The van der Waals surface area contributed by atoms with Gasteiger partial charge in [-0.2, -0.15) is 0 Å². The number of fused-ring (bicyclic) bond motifs is 3. The number of thioether (sulfide) groups is 1. The second-order valence-electron chi connectivity index (χ2n) is 8.36. The zero-order valence-electron chi connectivity index (χ0n) is 15.5. The molecular formula is C22H23NOS3. The first-order valence-electron chi connectivity index (χ1n) is 9.78. The Morgan fingerprint density at radius 1 is 1.19 bits per heavy atom. The van der Waals surface area contributed by atoms with Gasteiger partial charge < -0.3 is 10.1 Å². The van der Waals surface area contributed by atoms with Crippen molar-refractivity contribution in [1.82, 2.24) is 5.32 Å². The summed E-state index contributed by atoms with van der Waals surface area (Å²) in [6.07, 6.45) is 8.32. The second-order valence-corrected chi connectivity index (χ2v) is 10.7. The van der Waals surface area contributed by atoms with E-state index in [0.717, 1.165) is 46.2 Å². The summed E-state index contributed by atoms with van der Waals surface area (Å²) in [7, 11) is 1.83. The van der Waals surface area contributed by atoms with Crippen LogP contribution >= 0.6 is 36.2 Å². The molecule has 140 valence electrons. The van der Waals surface area contributed by atoms with E-state index in [-0.39, 0.29) is 11.0 Å². The van der Waals surface area contributed by atoms with Crippen molar-refractivity contribution in [2.45, 2.75) is 56.6 Å². The minimum Gasteiger partial charge on any atom is -0.381 e. The standard InChI is InChI=1S/C22H23NOS3/c1-24-17-8-10-21(11-9-17)13-16-7-6-15(5-4-14-2-3-14)12-18(16)22(21)19(25)27-20(26)23-22/h6-7,12,14,17H,2-3,8-11,13H2,1H3,(H,23,26). The summed E-state index contributed by atoms with van der Waals surface area (Å²) in [5.41, 5.74) is 3.60. The predicted octanol–water partition coefficient (Wildman–Crippen LogP) is 4.72. The lowest BCUT2D eigenvalue weighted by Crippen LogP contribution is -2.55. The molecule has 2 saturated carbocycles. The molecule has 1 N–H and O–H groups in total. The molecule has 1 unspecified atom stereocenters. The fourth-order valence-corrected chi connectivity index (χ4v) is 7.29. The first kappa shape index (κ1) is 18.1. The Hall–Kier alpha value is -0.930. The Morgan fingerprint density at radius 3 is 2.59 bits per heavy atom. The minimum atomic E-state index is -0.324. The highest BCUT2D eigenvalue weighted by Gasteiger charge is 2.63. The second kappa shape index (κ2) is 6.56. The molecule has 2 spiro atoms. The molecule has 5 heteroatoms. The molecule has 0 radical (unpaired) electrons. The number of benzene rings is 1. The Morgan fingerprint density at radius 2 is 1.96 bits per heavy atom. The van der Waals surface area contributed by atoms with E-state index in [1.807, 2.05) is 7.11 Å². The lowest BCUT2D eigenvalue weighted by Gasteiger charge is -2.47. The first-order valence-corrected chi connectivity index (χ1v) is 11.4. The Balaban J connectivity index is 1.59. The third-order valence-electron chi connectivity index (χ3n) is 6.84. The van der Waals surface area contributed by atoms with Gasteiger partial charge in [0.05, 0.1) is 10.3 Å². The van der Waals surface area contributed by atoms with Crippen molar-refractivity contribution in [2.24, 2.45) is 11.3 Å². The van der Waals surface area contributed by atoms with Gasteiger partial charge in [0.1, 0.15) is 9.86 Å². The average molecular weight is 414 g/mol. The molecule has 1 atom stereocenters. The molecule has 5 rings (SSSR count). The van der Waals surface area contributed by atoms with Gasteiger partial charge in [0.15, 0.2) is 0 Å². The van der Waals surface area contributed by atoms with Crippen molar-refractivity contribution in [3.8, 4) is 11.8 Å². The summed E-state index contributed by atoms with van der Waals surface area (Å²) in [6.45, 7) is 0.